The number of rotatable bonds is 4. The minimum absolute atomic E-state index is 0. The first-order valence-electron chi connectivity index (χ1n) is 4.53. The molecule has 0 unspecified atom stereocenters. The highest BCUT2D eigenvalue weighted by molar-refractivity contribution is 5.85. The van der Waals surface area contributed by atoms with Gasteiger partial charge in [-0.3, -0.25) is 0 Å². The lowest BCUT2D eigenvalue weighted by Crippen LogP contribution is -2.33. The first kappa shape index (κ1) is 16.0. The minimum Gasteiger partial charge on any atom is -0.428 e. The Morgan fingerprint density at radius 2 is 1.88 bits per heavy atom. The lowest BCUT2D eigenvalue weighted by Gasteiger charge is -2.17. The molecule has 0 aromatic heterocycles. The fourth-order valence-corrected chi connectivity index (χ4v) is 1.06. The molecule has 2 nitrogen and oxygen atoms in total. The molecular weight excluding hydrogens is 262 g/mol. The van der Waals surface area contributed by atoms with E-state index in [1.54, 1.807) is 13.0 Å². The van der Waals surface area contributed by atoms with Gasteiger partial charge in [-0.1, -0.05) is 12.1 Å². The van der Waals surface area contributed by atoms with Crippen LogP contribution in [0.4, 0.5) is 17.6 Å². The van der Waals surface area contributed by atoms with Gasteiger partial charge in [0.25, 0.3) is 0 Å². The summed E-state index contributed by atoms with van der Waals surface area (Å²) in [6, 6.07) is 5.00. The number of benzene rings is 1. The van der Waals surface area contributed by atoms with Crippen molar-refractivity contribution in [3.63, 3.8) is 0 Å². The summed E-state index contributed by atoms with van der Waals surface area (Å²) in [5.74, 6) is -0.333. The van der Waals surface area contributed by atoms with Gasteiger partial charge < -0.3 is 10.5 Å². The Morgan fingerprint density at radius 1 is 1.29 bits per heavy atom. The zero-order chi connectivity index (χ0) is 12.3. The van der Waals surface area contributed by atoms with E-state index in [9.17, 15) is 17.6 Å². The van der Waals surface area contributed by atoms with Crippen LogP contribution in [0.3, 0.4) is 0 Å². The van der Waals surface area contributed by atoms with Crippen LogP contribution in [-0.4, -0.2) is 12.5 Å². The quantitative estimate of drug-likeness (QED) is 0.854. The topological polar surface area (TPSA) is 35.2 Å². The van der Waals surface area contributed by atoms with Crippen molar-refractivity contribution < 1.29 is 22.3 Å². The zero-order valence-corrected chi connectivity index (χ0v) is 9.69. The Morgan fingerprint density at radius 3 is 2.35 bits per heavy atom. The molecule has 1 rings (SSSR count). The van der Waals surface area contributed by atoms with E-state index < -0.39 is 12.5 Å². The molecule has 0 aliphatic carbocycles. The smallest absolute Gasteiger partial charge is 0.428 e. The molecule has 0 aliphatic heterocycles. The van der Waals surface area contributed by atoms with Crippen LogP contribution in [0, 0.1) is 0 Å². The number of hydrogen-bond acceptors (Lipinski definition) is 2. The molecule has 0 heterocycles. The molecular formula is C10H12ClF4NO. The SMILES string of the molecule is C[C@@H](N)c1cccc(OC(F)(F)C(F)F)c1.Cl. The number of hydrogen-bond donors (Lipinski definition) is 1. The highest BCUT2D eigenvalue weighted by Gasteiger charge is 2.43. The van der Waals surface area contributed by atoms with E-state index in [1.807, 2.05) is 0 Å². The van der Waals surface area contributed by atoms with Crippen molar-refractivity contribution in [2.75, 3.05) is 0 Å². The molecule has 1 aromatic rings. The summed E-state index contributed by atoms with van der Waals surface area (Å²) in [6.45, 7) is 1.64. The van der Waals surface area contributed by atoms with Crippen LogP contribution >= 0.6 is 12.4 Å². The molecule has 0 bridgehead atoms. The fourth-order valence-electron chi connectivity index (χ4n) is 1.06. The molecule has 1 atom stereocenters. The maximum Gasteiger partial charge on any atom is 0.461 e. The van der Waals surface area contributed by atoms with Gasteiger partial charge >= 0.3 is 12.5 Å². The van der Waals surface area contributed by atoms with Crippen LogP contribution in [-0.2, 0) is 0 Å². The first-order valence-corrected chi connectivity index (χ1v) is 4.53. The Bertz CT molecular complexity index is 360. The van der Waals surface area contributed by atoms with Crippen LogP contribution in [0.5, 0.6) is 5.75 Å². The summed E-state index contributed by atoms with van der Waals surface area (Å²) in [7, 11) is 0. The maximum atomic E-state index is 12.6. The van der Waals surface area contributed by atoms with Crippen LogP contribution in [0.2, 0.25) is 0 Å². The van der Waals surface area contributed by atoms with E-state index in [0.717, 1.165) is 0 Å². The molecule has 17 heavy (non-hydrogen) atoms. The molecule has 0 fully saturated rings. The molecule has 7 heteroatoms. The molecule has 0 aliphatic rings. The number of alkyl halides is 4. The van der Waals surface area contributed by atoms with Gasteiger partial charge in [0.15, 0.2) is 0 Å². The summed E-state index contributed by atoms with van der Waals surface area (Å²) < 4.78 is 52.8. The van der Waals surface area contributed by atoms with Crippen molar-refractivity contribution >= 4 is 12.4 Å². The Balaban J connectivity index is 0.00000256. The first-order chi connectivity index (χ1) is 7.33. The van der Waals surface area contributed by atoms with Crippen molar-refractivity contribution in [3.05, 3.63) is 29.8 Å². The highest BCUT2D eigenvalue weighted by atomic mass is 35.5. The summed E-state index contributed by atoms with van der Waals surface area (Å²) in [5.41, 5.74) is 6.05. The van der Waals surface area contributed by atoms with Crippen molar-refractivity contribution in [2.45, 2.75) is 25.5 Å². The van der Waals surface area contributed by atoms with Crippen molar-refractivity contribution in [3.8, 4) is 5.75 Å². The zero-order valence-electron chi connectivity index (χ0n) is 8.87. The van der Waals surface area contributed by atoms with Gasteiger partial charge in [0.2, 0.25) is 0 Å². The second-order valence-corrected chi connectivity index (χ2v) is 3.33. The summed E-state index contributed by atoms with van der Waals surface area (Å²) >= 11 is 0. The molecule has 0 spiro atoms. The normalized spacial score (nSPS) is 13.1. The van der Waals surface area contributed by atoms with E-state index in [4.69, 9.17) is 5.73 Å². The third-order valence-electron chi connectivity index (χ3n) is 1.89. The summed E-state index contributed by atoms with van der Waals surface area (Å²) in [4.78, 5) is 0. The Labute approximate surface area is 102 Å². The van der Waals surface area contributed by atoms with E-state index in [-0.39, 0.29) is 24.2 Å². The van der Waals surface area contributed by atoms with Gasteiger partial charge in [-0.05, 0) is 24.6 Å². The second kappa shape index (κ2) is 6.07. The monoisotopic (exact) mass is 273 g/mol. The lowest BCUT2D eigenvalue weighted by molar-refractivity contribution is -0.253. The van der Waals surface area contributed by atoms with Crippen molar-refractivity contribution in [1.82, 2.24) is 0 Å². The standard InChI is InChI=1S/C10H11F4NO.ClH/c1-6(15)7-3-2-4-8(5-7)16-10(13,14)9(11)12;/h2-6,9H,15H2,1H3;1H/t6-;/m1./s1. The van der Waals surface area contributed by atoms with Crippen molar-refractivity contribution in [2.24, 2.45) is 5.73 Å². The van der Waals surface area contributed by atoms with Gasteiger partial charge in [0, 0.05) is 6.04 Å². The Kier molecular flexibility index (Phi) is 5.71. The van der Waals surface area contributed by atoms with Gasteiger partial charge in [-0.2, -0.15) is 17.6 Å². The van der Waals surface area contributed by atoms with Gasteiger partial charge in [-0.15, -0.1) is 12.4 Å². The maximum absolute atomic E-state index is 12.6. The third kappa shape index (κ3) is 4.40. The van der Waals surface area contributed by atoms with Gasteiger partial charge in [0.05, 0.1) is 0 Å². The van der Waals surface area contributed by atoms with Crippen LogP contribution in [0.1, 0.15) is 18.5 Å². The molecule has 0 saturated carbocycles. The molecule has 0 radical (unpaired) electrons. The third-order valence-corrected chi connectivity index (χ3v) is 1.89. The summed E-state index contributed by atoms with van der Waals surface area (Å²) in [6.07, 6.45) is -8.36. The molecule has 0 saturated heterocycles. The average molecular weight is 274 g/mol. The predicted octanol–water partition coefficient (Wildman–Crippen LogP) is 3.36. The predicted molar refractivity (Wildman–Crippen MR) is 57.9 cm³/mol. The van der Waals surface area contributed by atoms with Crippen molar-refractivity contribution in [1.29, 1.82) is 0 Å². The number of ether oxygens (including phenoxy) is 1. The number of halogens is 5. The average Bonchev–Trinajstić information content (AvgIpc) is 2.17. The van der Waals surface area contributed by atoms with E-state index in [0.29, 0.717) is 5.56 Å². The fraction of sp³-hybridized carbons (Fsp3) is 0.400. The van der Waals surface area contributed by atoms with Crippen LogP contribution < -0.4 is 10.5 Å². The van der Waals surface area contributed by atoms with Gasteiger partial charge in [-0.25, -0.2) is 0 Å². The van der Waals surface area contributed by atoms with Gasteiger partial charge in [0.1, 0.15) is 5.75 Å². The lowest BCUT2D eigenvalue weighted by atomic mass is 10.1. The second-order valence-electron chi connectivity index (χ2n) is 3.33. The molecule has 98 valence electrons. The largest absolute Gasteiger partial charge is 0.461 e. The molecule has 0 amide bonds. The Hall–Kier alpha value is -1.01. The van der Waals surface area contributed by atoms with Crippen LogP contribution in [0.15, 0.2) is 24.3 Å². The number of nitrogens with two attached hydrogens (primary N) is 1. The summed E-state index contributed by atoms with van der Waals surface area (Å²) in [5, 5.41) is 0. The molecule has 1 aromatic carbocycles. The van der Waals surface area contributed by atoms with E-state index >= 15 is 0 Å². The highest BCUT2D eigenvalue weighted by Crippen LogP contribution is 2.28. The van der Waals surface area contributed by atoms with E-state index in [2.05, 4.69) is 4.74 Å². The van der Waals surface area contributed by atoms with E-state index in [1.165, 1.54) is 18.2 Å². The minimum atomic E-state index is -4.49. The molecule has 2 N–H and O–H groups in total. The van der Waals surface area contributed by atoms with Crippen LogP contribution in [0.25, 0.3) is 0 Å².